The van der Waals surface area contributed by atoms with Crippen LogP contribution in [0.3, 0.4) is 0 Å². The molecule has 7 heteroatoms. The predicted octanol–water partition coefficient (Wildman–Crippen LogP) is 4.55. The van der Waals surface area contributed by atoms with Crippen LogP contribution in [0.2, 0.25) is 0 Å². The highest BCUT2D eigenvalue weighted by atomic mass is 19.1. The van der Waals surface area contributed by atoms with Crippen LogP contribution in [0.25, 0.3) is 33.5 Å². The highest BCUT2D eigenvalue weighted by Gasteiger charge is 2.20. The van der Waals surface area contributed by atoms with E-state index in [1.165, 1.54) is 6.07 Å². The van der Waals surface area contributed by atoms with Gasteiger partial charge in [-0.1, -0.05) is 6.92 Å². The Morgan fingerprint density at radius 1 is 1.12 bits per heavy atom. The minimum absolute atomic E-state index is 0.0371. The van der Waals surface area contributed by atoms with Gasteiger partial charge in [0.25, 0.3) is 5.91 Å². The van der Waals surface area contributed by atoms with E-state index in [9.17, 15) is 9.18 Å². The molecule has 0 saturated heterocycles. The lowest BCUT2D eigenvalue weighted by molar-refractivity contribution is 0.0754. The molecule has 1 unspecified atom stereocenters. The van der Waals surface area contributed by atoms with Crippen LogP contribution in [-0.4, -0.2) is 44.1 Å². The summed E-state index contributed by atoms with van der Waals surface area (Å²) in [5.74, 6) is 0.487. The van der Waals surface area contributed by atoms with E-state index in [1.807, 2.05) is 49.7 Å². The second kappa shape index (κ2) is 8.74. The van der Waals surface area contributed by atoms with Crippen molar-refractivity contribution in [3.63, 3.8) is 0 Å². The molecule has 0 spiro atoms. The molecule has 4 rings (SSSR count). The number of aromatic nitrogens is 3. The summed E-state index contributed by atoms with van der Waals surface area (Å²) in [6, 6.07) is 12.4. The van der Waals surface area contributed by atoms with E-state index in [0.717, 1.165) is 46.4 Å². The number of aryl methyl sites for hydroxylation is 2. The van der Waals surface area contributed by atoms with Crippen LogP contribution < -0.4 is 5.73 Å². The molecule has 0 fully saturated rings. The van der Waals surface area contributed by atoms with Gasteiger partial charge in [-0.05, 0) is 62.7 Å². The van der Waals surface area contributed by atoms with E-state index in [1.54, 1.807) is 17.0 Å². The molecule has 2 aromatic carbocycles. The van der Waals surface area contributed by atoms with E-state index in [-0.39, 0.29) is 17.8 Å². The van der Waals surface area contributed by atoms with Crippen molar-refractivity contribution in [2.45, 2.75) is 39.8 Å². The van der Waals surface area contributed by atoms with Crippen LogP contribution in [0.4, 0.5) is 4.39 Å². The van der Waals surface area contributed by atoms with Gasteiger partial charge in [-0.3, -0.25) is 4.79 Å². The fourth-order valence-electron chi connectivity index (χ4n) is 4.28. The molecule has 1 atom stereocenters. The SMILES string of the molecule is CCC(N)CN(CC)C(=O)c1ccc2c(c1)nc(-c1cc3cc(F)ccc3n1CC)n2C. The number of carbonyl (C=O) groups excluding carboxylic acids is 1. The zero-order valence-electron chi connectivity index (χ0n) is 19.1. The van der Waals surface area contributed by atoms with Gasteiger partial charge in [0.2, 0.25) is 0 Å². The maximum absolute atomic E-state index is 13.8. The average molecular weight is 436 g/mol. The first-order valence-corrected chi connectivity index (χ1v) is 11.2. The molecule has 1 amide bonds. The Kier molecular flexibility index (Phi) is 6.02. The molecule has 168 valence electrons. The summed E-state index contributed by atoms with van der Waals surface area (Å²) in [5.41, 5.74) is 10.3. The molecule has 4 aromatic rings. The molecule has 2 aromatic heterocycles. The van der Waals surface area contributed by atoms with Crippen molar-refractivity contribution < 1.29 is 9.18 Å². The quantitative estimate of drug-likeness (QED) is 0.463. The fraction of sp³-hybridized carbons (Fsp3) is 0.360. The maximum Gasteiger partial charge on any atom is 0.253 e. The number of likely N-dealkylation sites (N-methyl/N-ethyl adjacent to an activating group) is 1. The number of nitrogens with two attached hydrogens (primary N) is 1. The van der Waals surface area contributed by atoms with E-state index < -0.39 is 0 Å². The molecule has 0 aliphatic rings. The van der Waals surface area contributed by atoms with Crippen molar-refractivity contribution in [3.05, 3.63) is 53.8 Å². The Hall–Kier alpha value is -3.19. The number of benzene rings is 2. The number of hydrogen-bond donors (Lipinski definition) is 1. The van der Waals surface area contributed by atoms with Gasteiger partial charge in [0, 0.05) is 49.2 Å². The van der Waals surface area contributed by atoms with Crippen molar-refractivity contribution in [1.82, 2.24) is 19.0 Å². The number of hydrogen-bond acceptors (Lipinski definition) is 3. The standard InChI is InChI=1S/C25H30FN5O/c1-5-19(27)15-30(6-2)25(32)16-8-10-22-20(13-16)28-24(29(22)4)23-14-17-12-18(26)9-11-21(17)31(23)7-3/h8-14,19H,5-7,15,27H2,1-4H3. The first kappa shape index (κ1) is 22.0. The van der Waals surface area contributed by atoms with Gasteiger partial charge in [-0.25, -0.2) is 9.37 Å². The highest BCUT2D eigenvalue weighted by Crippen LogP contribution is 2.30. The second-order valence-electron chi connectivity index (χ2n) is 8.19. The van der Waals surface area contributed by atoms with Crippen molar-refractivity contribution in [2.24, 2.45) is 12.8 Å². The van der Waals surface area contributed by atoms with E-state index >= 15 is 0 Å². The monoisotopic (exact) mass is 435 g/mol. The third-order valence-corrected chi connectivity index (χ3v) is 6.18. The number of fused-ring (bicyclic) bond motifs is 2. The molecule has 0 aliphatic heterocycles. The summed E-state index contributed by atoms with van der Waals surface area (Å²) in [6.07, 6.45) is 0.821. The van der Waals surface area contributed by atoms with Gasteiger partial charge < -0.3 is 19.8 Å². The minimum Gasteiger partial charge on any atom is -0.338 e. The van der Waals surface area contributed by atoms with Gasteiger partial charge >= 0.3 is 0 Å². The van der Waals surface area contributed by atoms with Crippen molar-refractivity contribution in [2.75, 3.05) is 13.1 Å². The van der Waals surface area contributed by atoms with Gasteiger partial charge in [-0.15, -0.1) is 0 Å². The van der Waals surface area contributed by atoms with Gasteiger partial charge in [0.05, 0.1) is 16.7 Å². The number of amides is 1. The molecule has 6 nitrogen and oxygen atoms in total. The molecular formula is C25H30FN5O. The normalized spacial score (nSPS) is 12.6. The number of carbonyl (C=O) groups is 1. The summed E-state index contributed by atoms with van der Waals surface area (Å²) in [5, 5.41) is 0.843. The molecule has 2 heterocycles. The number of rotatable bonds is 7. The summed E-state index contributed by atoms with van der Waals surface area (Å²) in [6.45, 7) is 7.92. The largest absolute Gasteiger partial charge is 0.338 e. The minimum atomic E-state index is -0.256. The Morgan fingerprint density at radius 3 is 2.56 bits per heavy atom. The van der Waals surface area contributed by atoms with E-state index in [2.05, 4.69) is 11.5 Å². The predicted molar refractivity (Wildman–Crippen MR) is 127 cm³/mol. The first-order valence-electron chi connectivity index (χ1n) is 11.2. The van der Waals surface area contributed by atoms with Crippen molar-refractivity contribution in [1.29, 1.82) is 0 Å². The van der Waals surface area contributed by atoms with Crippen LogP contribution in [0.1, 0.15) is 37.6 Å². The van der Waals surface area contributed by atoms with Crippen molar-refractivity contribution >= 4 is 27.8 Å². The first-order chi connectivity index (χ1) is 15.4. The van der Waals surface area contributed by atoms with Crippen LogP contribution in [0.15, 0.2) is 42.5 Å². The molecule has 0 radical (unpaired) electrons. The second-order valence-corrected chi connectivity index (χ2v) is 8.19. The lowest BCUT2D eigenvalue weighted by Crippen LogP contribution is -2.40. The number of nitrogens with zero attached hydrogens (tertiary/aromatic N) is 4. The highest BCUT2D eigenvalue weighted by molar-refractivity contribution is 5.98. The summed E-state index contributed by atoms with van der Waals surface area (Å²) in [7, 11) is 1.96. The topological polar surface area (TPSA) is 69.1 Å². The number of imidazole rings is 1. The Balaban J connectivity index is 1.77. The lowest BCUT2D eigenvalue weighted by atomic mass is 10.1. The number of halogens is 1. The van der Waals surface area contributed by atoms with Crippen LogP contribution in [0, 0.1) is 5.82 Å². The van der Waals surface area contributed by atoms with Crippen LogP contribution in [0.5, 0.6) is 0 Å². The molecule has 0 bridgehead atoms. The molecular weight excluding hydrogens is 405 g/mol. The third-order valence-electron chi connectivity index (χ3n) is 6.18. The fourth-order valence-corrected chi connectivity index (χ4v) is 4.28. The molecule has 2 N–H and O–H groups in total. The maximum atomic E-state index is 13.8. The summed E-state index contributed by atoms with van der Waals surface area (Å²) < 4.78 is 17.9. The third kappa shape index (κ3) is 3.77. The molecule has 0 saturated carbocycles. The lowest BCUT2D eigenvalue weighted by Gasteiger charge is -2.24. The van der Waals surface area contributed by atoms with Gasteiger partial charge in [0.15, 0.2) is 5.82 Å². The van der Waals surface area contributed by atoms with Gasteiger partial charge in [0.1, 0.15) is 5.82 Å². The van der Waals surface area contributed by atoms with Gasteiger partial charge in [-0.2, -0.15) is 0 Å². The smallest absolute Gasteiger partial charge is 0.253 e. The van der Waals surface area contributed by atoms with Crippen LogP contribution >= 0.6 is 0 Å². The Morgan fingerprint density at radius 2 is 1.88 bits per heavy atom. The average Bonchev–Trinajstić information content (AvgIpc) is 3.32. The molecule has 32 heavy (non-hydrogen) atoms. The van der Waals surface area contributed by atoms with E-state index in [4.69, 9.17) is 10.7 Å². The molecule has 0 aliphatic carbocycles. The zero-order valence-corrected chi connectivity index (χ0v) is 19.1. The summed E-state index contributed by atoms with van der Waals surface area (Å²) >= 11 is 0. The van der Waals surface area contributed by atoms with E-state index in [0.29, 0.717) is 18.7 Å². The summed E-state index contributed by atoms with van der Waals surface area (Å²) in [4.78, 5) is 19.7. The Labute approximate surface area is 187 Å². The Bertz CT molecular complexity index is 1290. The zero-order chi connectivity index (χ0) is 23.0. The van der Waals surface area contributed by atoms with Crippen LogP contribution in [-0.2, 0) is 13.6 Å². The van der Waals surface area contributed by atoms with Crippen molar-refractivity contribution in [3.8, 4) is 11.5 Å².